The summed E-state index contributed by atoms with van der Waals surface area (Å²) in [5.41, 5.74) is 1.76. The topological polar surface area (TPSA) is 61.8 Å². The molecule has 134 valence electrons. The zero-order valence-electron chi connectivity index (χ0n) is 15.1. The van der Waals surface area contributed by atoms with Crippen molar-refractivity contribution < 1.29 is 23.8 Å². The van der Waals surface area contributed by atoms with E-state index >= 15 is 0 Å². The van der Waals surface area contributed by atoms with Crippen molar-refractivity contribution in [1.82, 2.24) is 0 Å². The molecule has 0 fully saturated rings. The van der Waals surface area contributed by atoms with E-state index in [1.165, 1.54) is 0 Å². The van der Waals surface area contributed by atoms with Gasteiger partial charge in [-0.25, -0.2) is 9.59 Å². The number of rotatable bonds is 8. The Bertz CT molecular complexity index is 666. The van der Waals surface area contributed by atoms with Crippen LogP contribution in [0.5, 0.6) is 5.75 Å². The van der Waals surface area contributed by atoms with Crippen molar-refractivity contribution in [1.29, 1.82) is 0 Å². The highest BCUT2D eigenvalue weighted by molar-refractivity contribution is 5.91. The first kappa shape index (κ1) is 20.2. The number of methoxy groups -OCH3 is 1. The Balaban J connectivity index is 2.45. The SMILES string of the molecule is CC=C(C)C(=O)OCC(=CC)C(=O)OCC=Cc1ccc(OC)cc1. The zero-order chi connectivity index (χ0) is 18.7. The van der Waals surface area contributed by atoms with E-state index in [1.807, 2.05) is 30.3 Å². The molecule has 0 aliphatic rings. The van der Waals surface area contributed by atoms with Crippen LogP contribution < -0.4 is 4.74 Å². The van der Waals surface area contributed by atoms with Crippen molar-refractivity contribution in [3.63, 3.8) is 0 Å². The second-order valence-corrected chi connectivity index (χ2v) is 5.14. The molecule has 0 N–H and O–H groups in total. The molecular formula is C20H24O5. The number of esters is 2. The first-order chi connectivity index (χ1) is 12.0. The molecule has 0 atom stereocenters. The molecule has 0 aliphatic heterocycles. The Hall–Kier alpha value is -2.82. The molecule has 5 nitrogen and oxygen atoms in total. The molecule has 1 aromatic carbocycles. The van der Waals surface area contributed by atoms with Crippen molar-refractivity contribution in [2.45, 2.75) is 20.8 Å². The smallest absolute Gasteiger partial charge is 0.337 e. The predicted octanol–water partition coefficient (Wildman–Crippen LogP) is 3.71. The average Bonchev–Trinajstić information content (AvgIpc) is 2.65. The summed E-state index contributed by atoms with van der Waals surface area (Å²) in [5, 5.41) is 0. The molecule has 0 aromatic heterocycles. The fourth-order valence-corrected chi connectivity index (χ4v) is 1.75. The van der Waals surface area contributed by atoms with Crippen LogP contribution in [0.2, 0.25) is 0 Å². The highest BCUT2D eigenvalue weighted by atomic mass is 16.5. The quantitative estimate of drug-likeness (QED) is 0.531. The van der Waals surface area contributed by atoms with Crippen molar-refractivity contribution in [2.75, 3.05) is 20.3 Å². The molecule has 0 radical (unpaired) electrons. The molecule has 25 heavy (non-hydrogen) atoms. The van der Waals surface area contributed by atoms with Gasteiger partial charge in [0.1, 0.15) is 19.0 Å². The fraction of sp³-hybridized carbons (Fsp3) is 0.300. The van der Waals surface area contributed by atoms with Gasteiger partial charge >= 0.3 is 11.9 Å². The normalized spacial score (nSPS) is 12.2. The third kappa shape index (κ3) is 7.08. The van der Waals surface area contributed by atoms with Gasteiger partial charge in [-0.3, -0.25) is 0 Å². The largest absolute Gasteiger partial charge is 0.497 e. The summed E-state index contributed by atoms with van der Waals surface area (Å²) in [6, 6.07) is 7.50. The molecule has 0 spiro atoms. The van der Waals surface area contributed by atoms with Crippen molar-refractivity contribution in [3.05, 3.63) is 59.2 Å². The van der Waals surface area contributed by atoms with Gasteiger partial charge < -0.3 is 14.2 Å². The van der Waals surface area contributed by atoms with Gasteiger partial charge in [0.05, 0.1) is 12.7 Å². The van der Waals surface area contributed by atoms with E-state index in [0.717, 1.165) is 11.3 Å². The Morgan fingerprint density at radius 3 is 2.24 bits per heavy atom. The molecule has 0 heterocycles. The highest BCUT2D eigenvalue weighted by Gasteiger charge is 2.13. The number of allylic oxidation sites excluding steroid dienone is 2. The summed E-state index contributed by atoms with van der Waals surface area (Å²) in [6.45, 7) is 5.11. The third-order valence-corrected chi connectivity index (χ3v) is 3.46. The predicted molar refractivity (Wildman–Crippen MR) is 97.1 cm³/mol. The van der Waals surface area contributed by atoms with E-state index in [4.69, 9.17) is 14.2 Å². The van der Waals surface area contributed by atoms with Gasteiger partial charge in [0.15, 0.2) is 0 Å². The number of ether oxygens (including phenoxy) is 3. The van der Waals surface area contributed by atoms with Crippen LogP contribution >= 0.6 is 0 Å². The van der Waals surface area contributed by atoms with E-state index in [2.05, 4.69) is 0 Å². The summed E-state index contributed by atoms with van der Waals surface area (Å²) in [4.78, 5) is 23.6. The molecule has 0 bridgehead atoms. The van der Waals surface area contributed by atoms with Crippen molar-refractivity contribution >= 4 is 18.0 Å². The second-order valence-electron chi connectivity index (χ2n) is 5.14. The van der Waals surface area contributed by atoms with Gasteiger partial charge in [-0.1, -0.05) is 30.4 Å². The van der Waals surface area contributed by atoms with Crippen molar-refractivity contribution in [3.8, 4) is 5.75 Å². The van der Waals surface area contributed by atoms with Gasteiger partial charge in [-0.15, -0.1) is 0 Å². The average molecular weight is 344 g/mol. The number of benzene rings is 1. The van der Waals surface area contributed by atoms with Crippen LogP contribution in [-0.4, -0.2) is 32.3 Å². The molecular weight excluding hydrogens is 320 g/mol. The van der Waals surface area contributed by atoms with Gasteiger partial charge in [0.2, 0.25) is 0 Å². The highest BCUT2D eigenvalue weighted by Crippen LogP contribution is 2.12. The van der Waals surface area contributed by atoms with Crippen LogP contribution in [-0.2, 0) is 19.1 Å². The van der Waals surface area contributed by atoms with E-state index in [0.29, 0.717) is 11.1 Å². The second kappa shape index (κ2) is 10.9. The summed E-state index contributed by atoms with van der Waals surface area (Å²) >= 11 is 0. The van der Waals surface area contributed by atoms with Crippen LogP contribution in [0.3, 0.4) is 0 Å². The van der Waals surface area contributed by atoms with Gasteiger partial charge in [-0.2, -0.15) is 0 Å². The van der Waals surface area contributed by atoms with Crippen LogP contribution in [0.25, 0.3) is 6.08 Å². The summed E-state index contributed by atoms with van der Waals surface area (Å²) in [7, 11) is 1.61. The van der Waals surface area contributed by atoms with Crippen LogP contribution in [0.1, 0.15) is 26.3 Å². The third-order valence-electron chi connectivity index (χ3n) is 3.46. The summed E-state index contributed by atoms with van der Waals surface area (Å²) in [5.74, 6) is -0.175. The number of hydrogen-bond donors (Lipinski definition) is 0. The van der Waals surface area contributed by atoms with Gasteiger partial charge in [0, 0.05) is 5.57 Å². The first-order valence-electron chi connectivity index (χ1n) is 7.94. The Morgan fingerprint density at radius 2 is 1.68 bits per heavy atom. The van der Waals surface area contributed by atoms with Crippen molar-refractivity contribution in [2.24, 2.45) is 0 Å². The maximum atomic E-state index is 12.0. The maximum Gasteiger partial charge on any atom is 0.337 e. The lowest BCUT2D eigenvalue weighted by molar-refractivity contribution is -0.141. The standard InChI is InChI=1S/C20H24O5/c1-5-15(3)19(21)25-14-17(6-2)20(22)24-13-7-8-16-9-11-18(23-4)12-10-16/h5-12H,13-14H2,1-4H3. The lowest BCUT2D eigenvalue weighted by atomic mass is 10.2. The molecule has 0 unspecified atom stereocenters. The van der Waals surface area contributed by atoms with E-state index in [-0.39, 0.29) is 13.2 Å². The van der Waals surface area contributed by atoms with E-state index in [9.17, 15) is 9.59 Å². The Labute approximate surface area is 148 Å². The van der Waals surface area contributed by atoms with E-state index in [1.54, 1.807) is 46.1 Å². The Morgan fingerprint density at radius 1 is 1.00 bits per heavy atom. The van der Waals surface area contributed by atoms with Gasteiger partial charge in [0.25, 0.3) is 0 Å². The lowest BCUT2D eigenvalue weighted by Crippen LogP contribution is -2.16. The lowest BCUT2D eigenvalue weighted by Gasteiger charge is -2.08. The molecule has 5 heteroatoms. The van der Waals surface area contributed by atoms with Crippen LogP contribution in [0.15, 0.2) is 53.6 Å². The maximum absolute atomic E-state index is 12.0. The first-order valence-corrected chi connectivity index (χ1v) is 7.94. The minimum absolute atomic E-state index is 0.110. The Kier molecular flexibility index (Phi) is 8.79. The van der Waals surface area contributed by atoms with Gasteiger partial charge in [-0.05, 0) is 44.5 Å². The summed E-state index contributed by atoms with van der Waals surface area (Å²) in [6.07, 6.45) is 6.81. The zero-order valence-corrected chi connectivity index (χ0v) is 15.1. The summed E-state index contributed by atoms with van der Waals surface area (Å²) < 4.78 is 15.3. The monoisotopic (exact) mass is 344 g/mol. The molecule has 0 saturated heterocycles. The minimum Gasteiger partial charge on any atom is -0.497 e. The number of carbonyl (C=O) groups is 2. The van der Waals surface area contributed by atoms with E-state index < -0.39 is 11.9 Å². The van der Waals surface area contributed by atoms with Crippen LogP contribution in [0, 0.1) is 0 Å². The minimum atomic E-state index is -0.507. The molecule has 0 saturated carbocycles. The number of carbonyl (C=O) groups excluding carboxylic acids is 2. The van der Waals surface area contributed by atoms with Crippen LogP contribution in [0.4, 0.5) is 0 Å². The molecule has 1 aromatic rings. The molecule has 1 rings (SSSR count). The molecule has 0 amide bonds. The number of hydrogen-bond acceptors (Lipinski definition) is 5. The molecule has 0 aliphatic carbocycles. The fourth-order valence-electron chi connectivity index (χ4n) is 1.75.